The summed E-state index contributed by atoms with van der Waals surface area (Å²) in [6.45, 7) is 2.37. The Hall–Kier alpha value is -1.75. The lowest BCUT2D eigenvalue weighted by Gasteiger charge is -2.21. The van der Waals surface area contributed by atoms with Gasteiger partial charge in [0.2, 0.25) is 0 Å². The molecular weight excluding hydrogens is 232 g/mol. The number of carboxylic acids is 1. The quantitative estimate of drug-likeness (QED) is 0.791. The van der Waals surface area contributed by atoms with Crippen LogP contribution in [-0.4, -0.2) is 37.9 Å². The number of carbonyl (C=O) groups is 1. The van der Waals surface area contributed by atoms with Gasteiger partial charge in [0.15, 0.2) is 0 Å². The van der Waals surface area contributed by atoms with Gasteiger partial charge in [0.1, 0.15) is 0 Å². The van der Waals surface area contributed by atoms with Gasteiger partial charge in [0.05, 0.1) is 17.9 Å². The highest BCUT2D eigenvalue weighted by molar-refractivity contribution is 5.95. The first-order valence-electron chi connectivity index (χ1n) is 5.98. The Balaban J connectivity index is 2.23. The second-order valence-electron chi connectivity index (χ2n) is 4.64. The number of rotatable bonds is 4. The zero-order valence-electron chi connectivity index (χ0n) is 10.4. The van der Waals surface area contributed by atoms with Gasteiger partial charge in [-0.05, 0) is 24.6 Å². The molecule has 98 valence electrons. The Morgan fingerprint density at radius 3 is 3.06 bits per heavy atom. The predicted octanol–water partition coefficient (Wildman–Crippen LogP) is 1.44. The number of benzene rings is 1. The number of ether oxygens (including phenoxy) is 1. The minimum Gasteiger partial charge on any atom is -0.478 e. The third-order valence-corrected chi connectivity index (χ3v) is 3.28. The molecule has 2 rings (SSSR count). The number of hydrogen-bond donors (Lipinski definition) is 2. The van der Waals surface area contributed by atoms with E-state index in [4.69, 9.17) is 10.5 Å². The largest absolute Gasteiger partial charge is 0.478 e. The lowest BCUT2D eigenvalue weighted by Crippen LogP contribution is -2.23. The van der Waals surface area contributed by atoms with E-state index in [-0.39, 0.29) is 0 Å². The number of aromatic carboxylic acids is 1. The van der Waals surface area contributed by atoms with Crippen molar-refractivity contribution in [3.05, 3.63) is 23.8 Å². The third-order valence-electron chi connectivity index (χ3n) is 3.28. The van der Waals surface area contributed by atoms with Crippen molar-refractivity contribution in [2.24, 2.45) is 5.92 Å². The van der Waals surface area contributed by atoms with Crippen LogP contribution in [-0.2, 0) is 4.74 Å². The normalized spacial score (nSPS) is 19.2. The van der Waals surface area contributed by atoms with Crippen LogP contribution in [0.25, 0.3) is 0 Å². The molecule has 1 aliphatic heterocycles. The van der Waals surface area contributed by atoms with Crippen LogP contribution in [0.15, 0.2) is 18.2 Å². The zero-order chi connectivity index (χ0) is 13.1. The van der Waals surface area contributed by atoms with Gasteiger partial charge >= 0.3 is 5.97 Å². The molecule has 0 bridgehead atoms. The third kappa shape index (κ3) is 2.56. The van der Waals surface area contributed by atoms with Crippen molar-refractivity contribution >= 4 is 17.3 Å². The highest BCUT2D eigenvalue weighted by Crippen LogP contribution is 2.29. The summed E-state index contributed by atoms with van der Waals surface area (Å²) in [5, 5.41) is 9.19. The van der Waals surface area contributed by atoms with Gasteiger partial charge in [-0.2, -0.15) is 0 Å². The molecule has 1 saturated heterocycles. The Morgan fingerprint density at radius 1 is 1.61 bits per heavy atom. The fourth-order valence-corrected chi connectivity index (χ4v) is 2.41. The van der Waals surface area contributed by atoms with Crippen molar-refractivity contribution in [1.29, 1.82) is 0 Å². The van der Waals surface area contributed by atoms with Crippen molar-refractivity contribution in [2.75, 3.05) is 37.4 Å². The van der Waals surface area contributed by atoms with E-state index in [0.717, 1.165) is 19.5 Å². The molecule has 1 fully saturated rings. The summed E-state index contributed by atoms with van der Waals surface area (Å²) in [6.07, 6.45) is 1.02. The van der Waals surface area contributed by atoms with Crippen molar-refractivity contribution in [2.45, 2.75) is 6.42 Å². The van der Waals surface area contributed by atoms with Crippen molar-refractivity contribution in [1.82, 2.24) is 0 Å². The molecule has 1 unspecified atom stereocenters. The number of nitrogens with two attached hydrogens (primary N) is 1. The van der Waals surface area contributed by atoms with Crippen LogP contribution in [0.1, 0.15) is 16.8 Å². The molecule has 0 spiro atoms. The molecule has 1 aromatic rings. The molecule has 0 amide bonds. The van der Waals surface area contributed by atoms with E-state index in [9.17, 15) is 9.90 Å². The first-order valence-corrected chi connectivity index (χ1v) is 5.98. The molecule has 1 heterocycles. The fraction of sp³-hybridized carbons (Fsp3) is 0.462. The molecule has 1 aliphatic rings. The van der Waals surface area contributed by atoms with Gasteiger partial charge in [0, 0.05) is 31.8 Å². The van der Waals surface area contributed by atoms with Crippen LogP contribution in [0, 0.1) is 5.92 Å². The van der Waals surface area contributed by atoms with E-state index in [1.807, 2.05) is 0 Å². The maximum atomic E-state index is 11.2. The van der Waals surface area contributed by atoms with Gasteiger partial charge in [-0.25, -0.2) is 4.79 Å². The zero-order valence-corrected chi connectivity index (χ0v) is 10.4. The lowest BCUT2D eigenvalue weighted by molar-refractivity contribution is 0.0697. The summed E-state index contributed by atoms with van der Waals surface area (Å²) in [7, 11) is 1.69. The summed E-state index contributed by atoms with van der Waals surface area (Å²) in [5.74, 6) is -0.460. The summed E-state index contributed by atoms with van der Waals surface area (Å²) in [4.78, 5) is 13.3. The minimum absolute atomic E-state index is 0.308. The monoisotopic (exact) mass is 250 g/mol. The average molecular weight is 250 g/mol. The molecule has 1 aromatic carbocycles. The molecule has 0 radical (unpaired) electrons. The van der Waals surface area contributed by atoms with Crippen LogP contribution in [0.5, 0.6) is 0 Å². The average Bonchev–Trinajstić information content (AvgIpc) is 2.77. The first-order chi connectivity index (χ1) is 8.61. The smallest absolute Gasteiger partial charge is 0.337 e. The highest BCUT2D eigenvalue weighted by atomic mass is 16.5. The maximum absolute atomic E-state index is 11.2. The molecule has 5 nitrogen and oxygen atoms in total. The Morgan fingerprint density at radius 2 is 2.39 bits per heavy atom. The second kappa shape index (κ2) is 5.27. The fourth-order valence-electron chi connectivity index (χ4n) is 2.41. The molecule has 5 heteroatoms. The van der Waals surface area contributed by atoms with E-state index < -0.39 is 5.97 Å². The maximum Gasteiger partial charge on any atom is 0.337 e. The van der Waals surface area contributed by atoms with Gasteiger partial charge < -0.3 is 20.5 Å². The van der Waals surface area contributed by atoms with Crippen molar-refractivity contribution < 1.29 is 14.6 Å². The highest BCUT2D eigenvalue weighted by Gasteiger charge is 2.25. The number of methoxy groups -OCH3 is 1. The first kappa shape index (κ1) is 12.7. The van der Waals surface area contributed by atoms with Crippen LogP contribution < -0.4 is 10.6 Å². The van der Waals surface area contributed by atoms with Crippen LogP contribution in [0.4, 0.5) is 11.4 Å². The van der Waals surface area contributed by atoms with Crippen molar-refractivity contribution in [3.63, 3.8) is 0 Å². The van der Waals surface area contributed by atoms with E-state index in [2.05, 4.69) is 4.90 Å². The van der Waals surface area contributed by atoms with Crippen LogP contribution in [0.3, 0.4) is 0 Å². The number of carboxylic acid groups (broad SMARTS) is 1. The lowest BCUT2D eigenvalue weighted by atomic mass is 10.1. The summed E-state index contributed by atoms with van der Waals surface area (Å²) in [5.41, 5.74) is 7.35. The molecular formula is C13H18N2O3. The summed E-state index contributed by atoms with van der Waals surface area (Å²) < 4.78 is 5.14. The Kier molecular flexibility index (Phi) is 3.72. The Labute approximate surface area is 106 Å². The second-order valence-corrected chi connectivity index (χ2v) is 4.64. The Bertz CT molecular complexity index is 448. The van der Waals surface area contributed by atoms with E-state index in [1.54, 1.807) is 25.3 Å². The number of anilines is 2. The number of nitrogen functional groups attached to an aromatic ring is 1. The molecule has 0 saturated carbocycles. The van der Waals surface area contributed by atoms with E-state index in [0.29, 0.717) is 29.5 Å². The standard InChI is InChI=1S/C13H18N2O3/c1-18-8-9-4-5-15(7-9)12-6-10(14)2-3-11(12)13(16)17/h2-3,6,9H,4-5,7-8,14H2,1H3,(H,16,17). The molecule has 0 aromatic heterocycles. The molecule has 1 atom stereocenters. The summed E-state index contributed by atoms with van der Waals surface area (Å²) in [6, 6.07) is 4.92. The molecule has 3 N–H and O–H groups in total. The van der Waals surface area contributed by atoms with Gasteiger partial charge in [-0.1, -0.05) is 0 Å². The number of nitrogens with zero attached hydrogens (tertiary/aromatic N) is 1. The van der Waals surface area contributed by atoms with E-state index >= 15 is 0 Å². The topological polar surface area (TPSA) is 75.8 Å². The number of hydrogen-bond acceptors (Lipinski definition) is 4. The van der Waals surface area contributed by atoms with Gasteiger partial charge in [0.25, 0.3) is 0 Å². The predicted molar refractivity (Wildman–Crippen MR) is 70.0 cm³/mol. The molecule has 0 aliphatic carbocycles. The van der Waals surface area contributed by atoms with Gasteiger partial charge in [-0.3, -0.25) is 0 Å². The van der Waals surface area contributed by atoms with Gasteiger partial charge in [-0.15, -0.1) is 0 Å². The van der Waals surface area contributed by atoms with E-state index in [1.165, 1.54) is 0 Å². The summed E-state index contributed by atoms with van der Waals surface area (Å²) >= 11 is 0. The van der Waals surface area contributed by atoms with Crippen molar-refractivity contribution in [3.8, 4) is 0 Å². The SMILES string of the molecule is COCC1CCN(c2cc(N)ccc2C(=O)O)C1. The minimum atomic E-state index is -0.916. The van der Waals surface area contributed by atoms with Crippen LogP contribution >= 0.6 is 0 Å². The molecule has 18 heavy (non-hydrogen) atoms. The van der Waals surface area contributed by atoms with Crippen LogP contribution in [0.2, 0.25) is 0 Å².